The van der Waals surface area contributed by atoms with Crippen LogP contribution in [0.15, 0.2) is 30.3 Å². The monoisotopic (exact) mass is 260 g/mol. The second-order valence-corrected chi connectivity index (χ2v) is 5.54. The molecule has 0 aliphatic heterocycles. The Morgan fingerprint density at radius 1 is 1.28 bits per heavy atom. The van der Waals surface area contributed by atoms with E-state index in [1.54, 1.807) is 11.3 Å². The third-order valence-electron chi connectivity index (χ3n) is 2.95. The fourth-order valence-corrected chi connectivity index (χ4v) is 3.07. The molecule has 0 amide bonds. The Balaban J connectivity index is 2.22. The third-order valence-corrected chi connectivity index (χ3v) is 4.34. The first kappa shape index (κ1) is 13.2. The largest absolute Gasteiger partial charge is 0.309 e. The molecule has 18 heavy (non-hydrogen) atoms. The smallest absolute Gasteiger partial charge is 0.123 e. The first-order chi connectivity index (χ1) is 8.72. The lowest BCUT2D eigenvalue weighted by atomic mass is 10.2. The molecule has 1 aromatic carbocycles. The Labute approximate surface area is 113 Å². The number of thiazole rings is 1. The van der Waals surface area contributed by atoms with Crippen molar-refractivity contribution in [3.8, 4) is 10.6 Å². The van der Waals surface area contributed by atoms with Crippen molar-refractivity contribution < 1.29 is 0 Å². The van der Waals surface area contributed by atoms with Gasteiger partial charge in [-0.25, -0.2) is 4.98 Å². The summed E-state index contributed by atoms with van der Waals surface area (Å²) in [4.78, 5) is 6.04. The summed E-state index contributed by atoms with van der Waals surface area (Å²) in [6.45, 7) is 7.56. The Kier molecular flexibility index (Phi) is 4.50. The van der Waals surface area contributed by atoms with E-state index >= 15 is 0 Å². The molecule has 0 aliphatic carbocycles. The highest BCUT2D eigenvalue weighted by atomic mass is 32.1. The predicted octanol–water partition coefficient (Wildman–Crippen LogP) is 4.18. The first-order valence-corrected chi connectivity index (χ1v) is 7.30. The Bertz CT molecular complexity index is 490. The van der Waals surface area contributed by atoms with Crippen molar-refractivity contribution >= 4 is 11.3 Å². The number of nitrogens with one attached hydrogen (secondary N) is 1. The summed E-state index contributed by atoms with van der Waals surface area (Å²) in [6, 6.07) is 10.8. The van der Waals surface area contributed by atoms with Crippen molar-refractivity contribution in [1.82, 2.24) is 10.3 Å². The van der Waals surface area contributed by atoms with E-state index in [1.165, 1.54) is 10.4 Å². The minimum absolute atomic E-state index is 0.389. The third kappa shape index (κ3) is 2.98. The van der Waals surface area contributed by atoms with Crippen molar-refractivity contribution in [2.75, 3.05) is 6.54 Å². The zero-order valence-corrected chi connectivity index (χ0v) is 12.1. The summed E-state index contributed by atoms with van der Waals surface area (Å²) in [6.07, 6.45) is 1.16. The average molecular weight is 260 g/mol. The highest BCUT2D eigenvalue weighted by Gasteiger charge is 2.14. The van der Waals surface area contributed by atoms with E-state index in [0.29, 0.717) is 6.04 Å². The molecule has 0 spiro atoms. The van der Waals surface area contributed by atoms with Crippen molar-refractivity contribution in [2.24, 2.45) is 0 Å². The summed E-state index contributed by atoms with van der Waals surface area (Å²) in [5, 5.41) is 4.64. The number of rotatable bonds is 5. The molecule has 3 heteroatoms. The normalized spacial score (nSPS) is 12.6. The highest BCUT2D eigenvalue weighted by molar-refractivity contribution is 7.15. The lowest BCUT2D eigenvalue weighted by molar-refractivity contribution is 0.575. The summed E-state index contributed by atoms with van der Waals surface area (Å²) < 4.78 is 0. The Hall–Kier alpha value is -1.19. The molecule has 1 unspecified atom stereocenters. The minimum Gasteiger partial charge on any atom is -0.309 e. The van der Waals surface area contributed by atoms with Gasteiger partial charge in [0.05, 0.1) is 5.69 Å². The topological polar surface area (TPSA) is 24.9 Å². The van der Waals surface area contributed by atoms with Crippen molar-refractivity contribution in [1.29, 1.82) is 0 Å². The molecule has 1 aromatic heterocycles. The van der Waals surface area contributed by atoms with Crippen LogP contribution in [-0.4, -0.2) is 11.5 Å². The second kappa shape index (κ2) is 6.12. The zero-order valence-electron chi connectivity index (χ0n) is 11.2. The van der Waals surface area contributed by atoms with Gasteiger partial charge < -0.3 is 5.32 Å². The SMILES string of the molecule is CCCNC(C)c1sc(-c2ccccc2)nc1C. The van der Waals surface area contributed by atoms with Gasteiger partial charge in [0.2, 0.25) is 0 Å². The van der Waals surface area contributed by atoms with Crippen LogP contribution >= 0.6 is 11.3 Å². The molecule has 0 aliphatic rings. The van der Waals surface area contributed by atoms with Crippen LogP contribution in [0.5, 0.6) is 0 Å². The van der Waals surface area contributed by atoms with Crippen LogP contribution in [0.4, 0.5) is 0 Å². The lowest BCUT2D eigenvalue weighted by Gasteiger charge is -2.11. The number of aromatic nitrogens is 1. The molecular weight excluding hydrogens is 240 g/mol. The van der Waals surface area contributed by atoms with Gasteiger partial charge in [-0.3, -0.25) is 0 Å². The molecule has 2 aromatic rings. The maximum Gasteiger partial charge on any atom is 0.123 e. The number of benzene rings is 1. The van der Waals surface area contributed by atoms with E-state index in [9.17, 15) is 0 Å². The number of hydrogen-bond acceptors (Lipinski definition) is 3. The molecule has 0 radical (unpaired) electrons. The average Bonchev–Trinajstić information content (AvgIpc) is 2.79. The molecule has 0 saturated heterocycles. The molecule has 0 saturated carbocycles. The van der Waals surface area contributed by atoms with Crippen LogP contribution in [0.3, 0.4) is 0 Å². The summed E-state index contributed by atoms with van der Waals surface area (Å²) in [7, 11) is 0. The number of nitrogens with zero attached hydrogens (tertiary/aromatic N) is 1. The Morgan fingerprint density at radius 3 is 2.67 bits per heavy atom. The van der Waals surface area contributed by atoms with Gasteiger partial charge in [-0.2, -0.15) is 0 Å². The fourth-order valence-electron chi connectivity index (χ4n) is 1.97. The van der Waals surface area contributed by atoms with Crippen LogP contribution in [0.2, 0.25) is 0 Å². The molecule has 1 heterocycles. The minimum atomic E-state index is 0.389. The molecule has 0 fully saturated rings. The van der Waals surface area contributed by atoms with E-state index in [-0.39, 0.29) is 0 Å². The summed E-state index contributed by atoms with van der Waals surface area (Å²) in [5.74, 6) is 0. The molecule has 1 N–H and O–H groups in total. The summed E-state index contributed by atoms with van der Waals surface area (Å²) in [5.41, 5.74) is 2.36. The number of aryl methyl sites for hydroxylation is 1. The standard InChI is InChI=1S/C15H20N2S/c1-4-10-16-11(2)14-12(3)17-15(18-14)13-8-6-5-7-9-13/h5-9,11,16H,4,10H2,1-3H3. The van der Waals surface area contributed by atoms with E-state index in [4.69, 9.17) is 0 Å². The molecule has 1 atom stereocenters. The molecule has 2 nitrogen and oxygen atoms in total. The van der Waals surface area contributed by atoms with Gasteiger partial charge in [0, 0.05) is 16.5 Å². The maximum atomic E-state index is 4.69. The second-order valence-electron chi connectivity index (χ2n) is 4.51. The number of hydrogen-bond donors (Lipinski definition) is 1. The molecule has 2 rings (SSSR count). The van der Waals surface area contributed by atoms with Gasteiger partial charge in [0.1, 0.15) is 5.01 Å². The van der Waals surface area contributed by atoms with Crippen LogP contribution in [0, 0.1) is 6.92 Å². The lowest BCUT2D eigenvalue weighted by Crippen LogP contribution is -2.18. The molecule has 96 valence electrons. The van der Waals surface area contributed by atoms with Gasteiger partial charge in [-0.1, -0.05) is 37.3 Å². The van der Waals surface area contributed by atoms with Crippen LogP contribution < -0.4 is 5.32 Å². The van der Waals surface area contributed by atoms with Gasteiger partial charge in [-0.05, 0) is 26.8 Å². The van der Waals surface area contributed by atoms with Crippen molar-refractivity contribution in [3.63, 3.8) is 0 Å². The van der Waals surface area contributed by atoms with Crippen LogP contribution in [0.1, 0.15) is 36.9 Å². The highest BCUT2D eigenvalue weighted by Crippen LogP contribution is 2.31. The predicted molar refractivity (Wildman–Crippen MR) is 79.0 cm³/mol. The van der Waals surface area contributed by atoms with Crippen LogP contribution in [0.25, 0.3) is 10.6 Å². The summed E-state index contributed by atoms with van der Waals surface area (Å²) >= 11 is 1.80. The van der Waals surface area contributed by atoms with Gasteiger partial charge in [0.25, 0.3) is 0 Å². The first-order valence-electron chi connectivity index (χ1n) is 6.48. The van der Waals surface area contributed by atoms with E-state index in [0.717, 1.165) is 23.7 Å². The molecular formula is C15H20N2S. The molecule has 0 bridgehead atoms. The van der Waals surface area contributed by atoms with Crippen LogP contribution in [-0.2, 0) is 0 Å². The zero-order chi connectivity index (χ0) is 13.0. The van der Waals surface area contributed by atoms with E-state index < -0.39 is 0 Å². The van der Waals surface area contributed by atoms with Gasteiger partial charge >= 0.3 is 0 Å². The van der Waals surface area contributed by atoms with Gasteiger partial charge in [0.15, 0.2) is 0 Å². The quantitative estimate of drug-likeness (QED) is 0.872. The van der Waals surface area contributed by atoms with Gasteiger partial charge in [-0.15, -0.1) is 11.3 Å². The fraction of sp³-hybridized carbons (Fsp3) is 0.400. The van der Waals surface area contributed by atoms with Crippen molar-refractivity contribution in [2.45, 2.75) is 33.2 Å². The van der Waals surface area contributed by atoms with E-state index in [2.05, 4.69) is 55.3 Å². The van der Waals surface area contributed by atoms with Crippen molar-refractivity contribution in [3.05, 3.63) is 40.9 Å². The van der Waals surface area contributed by atoms with E-state index in [1.807, 2.05) is 6.07 Å². The Morgan fingerprint density at radius 2 is 2.00 bits per heavy atom. The maximum absolute atomic E-state index is 4.69.